The molecule has 0 bridgehead atoms. The first-order valence-electron chi connectivity index (χ1n) is 4.38. The van der Waals surface area contributed by atoms with Crippen LogP contribution in [0.25, 0.3) is 0 Å². The van der Waals surface area contributed by atoms with Crippen molar-refractivity contribution >= 4 is 12.0 Å². The number of aliphatic hydroxyl groups is 1. The van der Waals surface area contributed by atoms with Crippen LogP contribution in [0.5, 0.6) is 0 Å². The molecule has 0 heterocycles. The zero-order chi connectivity index (χ0) is 11.1. The molecule has 0 aliphatic rings. The van der Waals surface area contributed by atoms with E-state index in [-0.39, 0.29) is 19.1 Å². The van der Waals surface area contributed by atoms with Gasteiger partial charge in [0.25, 0.3) is 0 Å². The standard InChI is InChI=1S/C8H16N2O4/c1-5(2)9-8(14)10-6(3-4-11)7(12)13/h5-6,11H,3-4H2,1-2H3,(H,12,13)(H2,9,10,14)/t6-/m1/s1. The molecule has 4 N–H and O–H groups in total. The van der Waals surface area contributed by atoms with E-state index < -0.39 is 18.0 Å². The lowest BCUT2D eigenvalue weighted by Crippen LogP contribution is -2.48. The molecule has 6 nitrogen and oxygen atoms in total. The predicted octanol–water partition coefficient (Wildman–Crippen LogP) is -0.470. The third kappa shape index (κ3) is 5.36. The van der Waals surface area contributed by atoms with Gasteiger partial charge in [-0.2, -0.15) is 0 Å². The predicted molar refractivity (Wildman–Crippen MR) is 49.9 cm³/mol. The molecule has 0 aromatic rings. The molecule has 2 amide bonds. The molecule has 6 heteroatoms. The molecule has 0 saturated carbocycles. The summed E-state index contributed by atoms with van der Waals surface area (Å²) in [6.07, 6.45) is 0.000842. The van der Waals surface area contributed by atoms with E-state index in [2.05, 4.69) is 10.6 Å². The normalized spacial score (nSPS) is 12.3. The minimum absolute atomic E-state index is 0.000842. The number of urea groups is 1. The number of hydrogen-bond acceptors (Lipinski definition) is 3. The average Bonchev–Trinajstić information content (AvgIpc) is 2.01. The van der Waals surface area contributed by atoms with Gasteiger partial charge in [0.15, 0.2) is 0 Å². The lowest BCUT2D eigenvalue weighted by molar-refractivity contribution is -0.139. The van der Waals surface area contributed by atoms with E-state index in [0.29, 0.717) is 0 Å². The van der Waals surface area contributed by atoms with Crippen LogP contribution < -0.4 is 10.6 Å². The molecule has 0 radical (unpaired) electrons. The van der Waals surface area contributed by atoms with Gasteiger partial charge < -0.3 is 20.8 Å². The third-order valence-corrected chi connectivity index (χ3v) is 1.44. The topological polar surface area (TPSA) is 98.7 Å². The first-order valence-corrected chi connectivity index (χ1v) is 4.38. The van der Waals surface area contributed by atoms with Crippen LogP contribution in [-0.2, 0) is 4.79 Å². The maximum Gasteiger partial charge on any atom is 0.326 e. The van der Waals surface area contributed by atoms with Gasteiger partial charge in [-0.05, 0) is 13.8 Å². The molecule has 0 fully saturated rings. The first-order chi connectivity index (χ1) is 6.47. The van der Waals surface area contributed by atoms with Gasteiger partial charge in [0.05, 0.1) is 0 Å². The number of hydrogen-bond donors (Lipinski definition) is 4. The highest BCUT2D eigenvalue weighted by atomic mass is 16.4. The van der Waals surface area contributed by atoms with Crippen molar-refractivity contribution in [2.75, 3.05) is 6.61 Å². The second kappa shape index (κ2) is 6.20. The summed E-state index contributed by atoms with van der Waals surface area (Å²) in [5, 5.41) is 21.9. The van der Waals surface area contributed by atoms with Crippen LogP contribution in [0, 0.1) is 0 Å². The number of rotatable bonds is 5. The van der Waals surface area contributed by atoms with Gasteiger partial charge in [0, 0.05) is 19.1 Å². The monoisotopic (exact) mass is 204 g/mol. The van der Waals surface area contributed by atoms with E-state index in [1.165, 1.54) is 0 Å². The van der Waals surface area contributed by atoms with Crippen molar-refractivity contribution in [1.82, 2.24) is 10.6 Å². The van der Waals surface area contributed by atoms with Crippen molar-refractivity contribution in [2.45, 2.75) is 32.4 Å². The van der Waals surface area contributed by atoms with E-state index in [1.54, 1.807) is 13.8 Å². The molecule has 0 saturated heterocycles. The summed E-state index contributed by atoms with van der Waals surface area (Å²) < 4.78 is 0. The second-order valence-corrected chi connectivity index (χ2v) is 3.18. The fourth-order valence-corrected chi connectivity index (χ4v) is 0.849. The Balaban J connectivity index is 4.02. The Bertz CT molecular complexity index is 206. The lowest BCUT2D eigenvalue weighted by atomic mass is 10.2. The summed E-state index contributed by atoms with van der Waals surface area (Å²) in [5.41, 5.74) is 0. The molecular formula is C8H16N2O4. The molecule has 1 atom stereocenters. The largest absolute Gasteiger partial charge is 0.480 e. The average molecular weight is 204 g/mol. The van der Waals surface area contributed by atoms with E-state index in [4.69, 9.17) is 10.2 Å². The summed E-state index contributed by atoms with van der Waals surface area (Å²) in [4.78, 5) is 21.6. The minimum Gasteiger partial charge on any atom is -0.480 e. The summed E-state index contributed by atoms with van der Waals surface area (Å²) in [6, 6.07) is -1.64. The van der Waals surface area contributed by atoms with Crippen molar-refractivity contribution < 1.29 is 19.8 Å². The van der Waals surface area contributed by atoms with E-state index >= 15 is 0 Å². The van der Waals surface area contributed by atoms with Gasteiger partial charge in [-0.1, -0.05) is 0 Å². The minimum atomic E-state index is -1.15. The van der Waals surface area contributed by atoms with Gasteiger partial charge in [-0.15, -0.1) is 0 Å². The third-order valence-electron chi connectivity index (χ3n) is 1.44. The Morgan fingerprint density at radius 1 is 1.29 bits per heavy atom. The Hall–Kier alpha value is -1.30. The van der Waals surface area contributed by atoms with Crippen molar-refractivity contribution in [1.29, 1.82) is 0 Å². The highest BCUT2D eigenvalue weighted by molar-refractivity contribution is 5.82. The maximum absolute atomic E-state index is 11.1. The molecule has 0 unspecified atom stereocenters. The van der Waals surface area contributed by atoms with Crippen molar-refractivity contribution in [3.8, 4) is 0 Å². The highest BCUT2D eigenvalue weighted by Crippen LogP contribution is 1.91. The number of amides is 2. The van der Waals surface area contributed by atoms with Crippen LogP contribution in [-0.4, -0.2) is 40.9 Å². The van der Waals surface area contributed by atoms with Gasteiger partial charge in [0.1, 0.15) is 6.04 Å². The lowest BCUT2D eigenvalue weighted by Gasteiger charge is -2.15. The first kappa shape index (κ1) is 12.7. The maximum atomic E-state index is 11.1. The molecule has 0 spiro atoms. The molecular weight excluding hydrogens is 188 g/mol. The van der Waals surface area contributed by atoms with Crippen LogP contribution in [0.15, 0.2) is 0 Å². The van der Waals surface area contributed by atoms with Gasteiger partial charge in [-0.3, -0.25) is 0 Å². The number of aliphatic hydroxyl groups excluding tert-OH is 1. The fraction of sp³-hybridized carbons (Fsp3) is 0.750. The Kier molecular flexibility index (Phi) is 5.62. The molecule has 0 aliphatic heterocycles. The molecule has 0 aromatic heterocycles. The van der Waals surface area contributed by atoms with E-state index in [9.17, 15) is 9.59 Å². The fourth-order valence-electron chi connectivity index (χ4n) is 0.849. The van der Waals surface area contributed by atoms with Crippen molar-refractivity contribution in [3.63, 3.8) is 0 Å². The smallest absolute Gasteiger partial charge is 0.326 e. The van der Waals surface area contributed by atoms with Crippen LogP contribution in [0.2, 0.25) is 0 Å². The Morgan fingerprint density at radius 2 is 1.86 bits per heavy atom. The summed E-state index contributed by atoms with van der Waals surface area (Å²) in [5.74, 6) is -1.15. The molecule has 0 rings (SSSR count). The SMILES string of the molecule is CC(C)NC(=O)N[C@H](CCO)C(=O)O. The molecule has 82 valence electrons. The number of carboxylic acid groups (broad SMARTS) is 1. The Morgan fingerprint density at radius 3 is 2.21 bits per heavy atom. The van der Waals surface area contributed by atoms with Crippen LogP contribution >= 0.6 is 0 Å². The number of carbonyl (C=O) groups is 2. The molecule has 0 aromatic carbocycles. The second-order valence-electron chi connectivity index (χ2n) is 3.18. The number of carboxylic acids is 1. The quantitative estimate of drug-likeness (QED) is 0.486. The van der Waals surface area contributed by atoms with Crippen molar-refractivity contribution in [3.05, 3.63) is 0 Å². The van der Waals surface area contributed by atoms with Gasteiger partial charge in [0.2, 0.25) is 0 Å². The highest BCUT2D eigenvalue weighted by Gasteiger charge is 2.18. The van der Waals surface area contributed by atoms with E-state index in [1.807, 2.05) is 0 Å². The molecule has 0 aliphatic carbocycles. The van der Waals surface area contributed by atoms with Gasteiger partial charge in [-0.25, -0.2) is 9.59 Å². The summed E-state index contributed by atoms with van der Waals surface area (Å²) >= 11 is 0. The summed E-state index contributed by atoms with van der Waals surface area (Å²) in [7, 11) is 0. The number of nitrogens with one attached hydrogen (secondary N) is 2. The zero-order valence-electron chi connectivity index (χ0n) is 8.28. The summed E-state index contributed by atoms with van der Waals surface area (Å²) in [6.45, 7) is 3.25. The van der Waals surface area contributed by atoms with Crippen LogP contribution in [0.3, 0.4) is 0 Å². The van der Waals surface area contributed by atoms with Crippen molar-refractivity contribution in [2.24, 2.45) is 0 Å². The Labute approximate surface area is 82.3 Å². The van der Waals surface area contributed by atoms with Crippen LogP contribution in [0.4, 0.5) is 4.79 Å². The van der Waals surface area contributed by atoms with Crippen LogP contribution in [0.1, 0.15) is 20.3 Å². The van der Waals surface area contributed by atoms with E-state index in [0.717, 1.165) is 0 Å². The molecule has 14 heavy (non-hydrogen) atoms. The van der Waals surface area contributed by atoms with Gasteiger partial charge >= 0.3 is 12.0 Å². The number of aliphatic carboxylic acids is 1. The number of carbonyl (C=O) groups excluding carboxylic acids is 1. The zero-order valence-corrected chi connectivity index (χ0v) is 8.28.